The number of nitro benzene ring substituents is 1. The first-order valence-electron chi connectivity index (χ1n) is 6.63. The van der Waals surface area contributed by atoms with Crippen molar-refractivity contribution in [2.75, 3.05) is 11.9 Å². The number of rotatable bonds is 5. The second kappa shape index (κ2) is 7.91. The third kappa shape index (κ3) is 5.13. The number of carbonyl (C=O) groups excluding carboxylic acids is 2. The van der Waals surface area contributed by atoms with Crippen LogP contribution in [0.1, 0.15) is 10.4 Å². The number of ether oxygens (including phenoxy) is 1. The second-order valence-corrected chi connectivity index (χ2v) is 5.58. The van der Waals surface area contributed by atoms with Crippen LogP contribution in [0.2, 0.25) is 10.0 Å². The maximum absolute atomic E-state index is 13.6. The summed E-state index contributed by atoms with van der Waals surface area (Å²) in [5, 5.41) is 13.2. The van der Waals surface area contributed by atoms with Gasteiger partial charge in [0.15, 0.2) is 6.61 Å². The van der Waals surface area contributed by atoms with Crippen molar-refractivity contribution >= 4 is 46.5 Å². The van der Waals surface area contributed by atoms with Gasteiger partial charge in [-0.05, 0) is 24.3 Å². The average molecular weight is 387 g/mol. The Balaban J connectivity index is 2.00. The normalized spacial score (nSPS) is 10.2. The number of carbonyl (C=O) groups is 2. The number of amides is 1. The second-order valence-electron chi connectivity index (χ2n) is 4.70. The number of nitrogens with one attached hydrogen (secondary N) is 1. The maximum atomic E-state index is 13.6. The van der Waals surface area contributed by atoms with E-state index in [-0.39, 0.29) is 15.6 Å². The Kier molecular flexibility index (Phi) is 5.89. The molecule has 2 aromatic rings. The molecule has 0 saturated heterocycles. The van der Waals surface area contributed by atoms with E-state index in [0.29, 0.717) is 0 Å². The molecule has 0 saturated carbocycles. The molecule has 0 spiro atoms. The Labute approximate surface area is 150 Å². The van der Waals surface area contributed by atoms with Gasteiger partial charge in [0.05, 0.1) is 16.2 Å². The summed E-state index contributed by atoms with van der Waals surface area (Å²) in [6, 6.07) is 6.66. The summed E-state index contributed by atoms with van der Waals surface area (Å²) >= 11 is 11.5. The van der Waals surface area contributed by atoms with Crippen molar-refractivity contribution < 1.29 is 23.6 Å². The molecule has 10 heteroatoms. The van der Waals surface area contributed by atoms with Crippen molar-refractivity contribution in [1.29, 1.82) is 0 Å². The SMILES string of the molecule is O=C(COC(=O)c1cc(Cl)cc(Cl)c1)Nc1cc([N+](=O)[O-])ccc1F. The van der Waals surface area contributed by atoms with Gasteiger partial charge in [-0.2, -0.15) is 0 Å². The molecule has 2 aromatic carbocycles. The number of hydrogen-bond acceptors (Lipinski definition) is 5. The van der Waals surface area contributed by atoms with E-state index in [2.05, 4.69) is 5.32 Å². The predicted molar refractivity (Wildman–Crippen MR) is 88.4 cm³/mol. The summed E-state index contributed by atoms with van der Waals surface area (Å²) in [4.78, 5) is 33.5. The van der Waals surface area contributed by atoms with Crippen molar-refractivity contribution in [1.82, 2.24) is 0 Å². The molecule has 0 radical (unpaired) electrons. The molecule has 0 bridgehead atoms. The molecular formula is C15H9Cl2FN2O5. The van der Waals surface area contributed by atoms with E-state index in [1.165, 1.54) is 18.2 Å². The molecule has 1 amide bonds. The molecular weight excluding hydrogens is 378 g/mol. The molecule has 0 atom stereocenters. The Hall–Kier alpha value is -2.71. The van der Waals surface area contributed by atoms with Crippen LogP contribution in [0.15, 0.2) is 36.4 Å². The number of nitro groups is 1. The van der Waals surface area contributed by atoms with Crippen molar-refractivity contribution in [2.45, 2.75) is 0 Å². The van der Waals surface area contributed by atoms with E-state index < -0.39 is 40.6 Å². The molecule has 0 aliphatic carbocycles. The van der Waals surface area contributed by atoms with Crippen LogP contribution in [-0.4, -0.2) is 23.4 Å². The van der Waals surface area contributed by atoms with Gasteiger partial charge >= 0.3 is 5.97 Å². The molecule has 0 fully saturated rings. The third-order valence-corrected chi connectivity index (χ3v) is 3.30. The lowest BCUT2D eigenvalue weighted by Crippen LogP contribution is -2.21. The summed E-state index contributed by atoms with van der Waals surface area (Å²) in [6.07, 6.45) is 0. The van der Waals surface area contributed by atoms with E-state index in [0.717, 1.165) is 18.2 Å². The van der Waals surface area contributed by atoms with Crippen LogP contribution < -0.4 is 5.32 Å². The molecule has 130 valence electrons. The van der Waals surface area contributed by atoms with Gasteiger partial charge in [0.25, 0.3) is 11.6 Å². The zero-order valence-corrected chi connectivity index (χ0v) is 13.8. The molecule has 0 heterocycles. The largest absolute Gasteiger partial charge is 0.452 e. The minimum Gasteiger partial charge on any atom is -0.452 e. The predicted octanol–water partition coefficient (Wildman–Crippen LogP) is 3.84. The van der Waals surface area contributed by atoms with E-state index >= 15 is 0 Å². The zero-order valence-electron chi connectivity index (χ0n) is 12.3. The molecule has 2 rings (SSSR count). The van der Waals surface area contributed by atoms with Gasteiger partial charge in [-0.25, -0.2) is 9.18 Å². The molecule has 0 unspecified atom stereocenters. The van der Waals surface area contributed by atoms with Crippen molar-refractivity contribution in [2.24, 2.45) is 0 Å². The van der Waals surface area contributed by atoms with Gasteiger partial charge in [0.2, 0.25) is 0 Å². The first kappa shape index (κ1) is 18.6. The Morgan fingerprint density at radius 2 is 1.80 bits per heavy atom. The summed E-state index contributed by atoms with van der Waals surface area (Å²) in [5.41, 5.74) is -0.768. The van der Waals surface area contributed by atoms with Crippen LogP contribution in [-0.2, 0) is 9.53 Å². The van der Waals surface area contributed by atoms with Crippen LogP contribution in [0.5, 0.6) is 0 Å². The number of anilines is 1. The number of nitrogens with zero attached hydrogens (tertiary/aromatic N) is 1. The summed E-state index contributed by atoms with van der Waals surface area (Å²) in [7, 11) is 0. The van der Waals surface area contributed by atoms with E-state index in [9.17, 15) is 24.1 Å². The molecule has 1 N–H and O–H groups in total. The quantitative estimate of drug-likeness (QED) is 0.478. The monoisotopic (exact) mass is 386 g/mol. The van der Waals surface area contributed by atoms with Gasteiger partial charge in [-0.1, -0.05) is 23.2 Å². The lowest BCUT2D eigenvalue weighted by Gasteiger charge is -2.08. The highest BCUT2D eigenvalue weighted by atomic mass is 35.5. The fourth-order valence-corrected chi connectivity index (χ4v) is 2.32. The van der Waals surface area contributed by atoms with Gasteiger partial charge < -0.3 is 10.1 Å². The smallest absolute Gasteiger partial charge is 0.338 e. The van der Waals surface area contributed by atoms with Crippen LogP contribution >= 0.6 is 23.2 Å². The molecule has 0 aliphatic heterocycles. The standard InChI is InChI=1S/C15H9Cl2FN2O5/c16-9-3-8(4-10(17)5-9)15(22)25-7-14(21)19-13-6-11(20(23)24)1-2-12(13)18/h1-6H,7H2,(H,19,21). The zero-order chi connectivity index (χ0) is 18.6. The van der Waals surface area contributed by atoms with Gasteiger partial charge in [0, 0.05) is 22.2 Å². The Bertz CT molecular complexity index is 840. The maximum Gasteiger partial charge on any atom is 0.338 e. The minimum atomic E-state index is -0.874. The van der Waals surface area contributed by atoms with Crippen molar-refractivity contribution in [3.8, 4) is 0 Å². The number of benzene rings is 2. The first-order valence-corrected chi connectivity index (χ1v) is 7.39. The molecule has 0 aromatic heterocycles. The van der Waals surface area contributed by atoms with Crippen LogP contribution in [0.25, 0.3) is 0 Å². The summed E-state index contributed by atoms with van der Waals surface area (Å²) in [6.45, 7) is -0.731. The fraction of sp³-hybridized carbons (Fsp3) is 0.0667. The van der Waals surface area contributed by atoms with Crippen LogP contribution in [0, 0.1) is 15.9 Å². The lowest BCUT2D eigenvalue weighted by atomic mass is 10.2. The number of esters is 1. The summed E-state index contributed by atoms with van der Waals surface area (Å²) < 4.78 is 18.3. The lowest BCUT2D eigenvalue weighted by molar-refractivity contribution is -0.384. The van der Waals surface area contributed by atoms with Crippen LogP contribution in [0.4, 0.5) is 15.8 Å². The Morgan fingerprint density at radius 1 is 1.16 bits per heavy atom. The van der Waals surface area contributed by atoms with E-state index in [4.69, 9.17) is 27.9 Å². The number of non-ortho nitro benzene ring substituents is 1. The average Bonchev–Trinajstić information content (AvgIpc) is 2.53. The van der Waals surface area contributed by atoms with Gasteiger partial charge in [0.1, 0.15) is 5.82 Å². The molecule has 7 nitrogen and oxygen atoms in total. The topological polar surface area (TPSA) is 98.5 Å². The van der Waals surface area contributed by atoms with E-state index in [1.54, 1.807) is 0 Å². The fourth-order valence-electron chi connectivity index (χ4n) is 1.80. The molecule has 25 heavy (non-hydrogen) atoms. The first-order chi connectivity index (χ1) is 11.8. The third-order valence-electron chi connectivity index (χ3n) is 2.87. The highest BCUT2D eigenvalue weighted by Gasteiger charge is 2.15. The van der Waals surface area contributed by atoms with Gasteiger partial charge in [-0.15, -0.1) is 0 Å². The highest BCUT2D eigenvalue weighted by Crippen LogP contribution is 2.22. The van der Waals surface area contributed by atoms with Crippen molar-refractivity contribution in [3.05, 3.63) is 67.9 Å². The Morgan fingerprint density at radius 3 is 2.40 bits per heavy atom. The summed E-state index contributed by atoms with van der Waals surface area (Å²) in [5.74, 6) is -2.60. The van der Waals surface area contributed by atoms with Gasteiger partial charge in [-0.3, -0.25) is 14.9 Å². The minimum absolute atomic E-state index is 0.0341. The van der Waals surface area contributed by atoms with E-state index in [1.807, 2.05) is 0 Å². The van der Waals surface area contributed by atoms with Crippen LogP contribution in [0.3, 0.4) is 0 Å². The van der Waals surface area contributed by atoms with Crippen molar-refractivity contribution in [3.63, 3.8) is 0 Å². The highest BCUT2D eigenvalue weighted by molar-refractivity contribution is 6.35. The number of halogens is 3. The molecule has 0 aliphatic rings. The number of hydrogen-bond donors (Lipinski definition) is 1.